The van der Waals surface area contributed by atoms with Crippen LogP contribution >= 0.6 is 23.2 Å². The van der Waals surface area contributed by atoms with Crippen LogP contribution in [0.15, 0.2) is 18.2 Å². The number of amides is 1. The molecule has 138 valence electrons. The first kappa shape index (κ1) is 18.9. The minimum absolute atomic E-state index is 0.0414. The van der Waals surface area contributed by atoms with Crippen molar-refractivity contribution in [1.82, 2.24) is 9.80 Å². The predicted molar refractivity (Wildman–Crippen MR) is 95.2 cm³/mol. The van der Waals surface area contributed by atoms with Gasteiger partial charge in [0.05, 0.1) is 0 Å². The summed E-state index contributed by atoms with van der Waals surface area (Å²) in [5.41, 5.74) is 1.02. The predicted octanol–water partition coefficient (Wildman–Crippen LogP) is 4.46. The molecular formula is C18H22Cl2F2N2O. The largest absolute Gasteiger partial charge is 0.342 e. The van der Waals surface area contributed by atoms with Crippen molar-refractivity contribution in [2.45, 2.75) is 38.2 Å². The van der Waals surface area contributed by atoms with Gasteiger partial charge in [0.25, 0.3) is 5.92 Å². The molecule has 3 rings (SSSR count). The second-order valence-corrected chi connectivity index (χ2v) is 7.81. The first-order chi connectivity index (χ1) is 11.8. The molecule has 1 aromatic rings. The molecular weight excluding hydrogens is 369 g/mol. The summed E-state index contributed by atoms with van der Waals surface area (Å²) >= 11 is 12.1. The normalized spacial score (nSPS) is 22.2. The number of carbonyl (C=O) groups excluding carboxylic acids is 1. The fourth-order valence-corrected chi connectivity index (χ4v) is 4.01. The Morgan fingerprint density at radius 2 is 1.76 bits per heavy atom. The zero-order chi connectivity index (χ0) is 18.0. The van der Waals surface area contributed by atoms with E-state index in [1.54, 1.807) is 11.0 Å². The molecule has 0 aliphatic carbocycles. The fourth-order valence-electron chi connectivity index (χ4n) is 3.54. The van der Waals surface area contributed by atoms with Gasteiger partial charge in [0.15, 0.2) is 0 Å². The molecule has 1 amide bonds. The van der Waals surface area contributed by atoms with Gasteiger partial charge in [-0.2, -0.15) is 0 Å². The molecule has 2 saturated heterocycles. The van der Waals surface area contributed by atoms with Gasteiger partial charge in [-0.1, -0.05) is 29.3 Å². The SMILES string of the molecule is O=C(C1CCN(Cc2ccc(Cl)cc2Cl)CC1)N1CCC(F)(F)CC1. The van der Waals surface area contributed by atoms with E-state index in [1.165, 1.54) is 0 Å². The Morgan fingerprint density at radius 3 is 2.36 bits per heavy atom. The van der Waals surface area contributed by atoms with Gasteiger partial charge in [-0.15, -0.1) is 0 Å². The van der Waals surface area contributed by atoms with Crippen LogP contribution in [-0.2, 0) is 11.3 Å². The Labute approximate surface area is 156 Å². The lowest BCUT2D eigenvalue weighted by Gasteiger charge is -2.37. The molecule has 2 aliphatic heterocycles. The maximum absolute atomic E-state index is 13.2. The number of halogens is 4. The first-order valence-electron chi connectivity index (χ1n) is 8.67. The van der Waals surface area contributed by atoms with E-state index in [0.717, 1.165) is 38.0 Å². The van der Waals surface area contributed by atoms with Gasteiger partial charge in [-0.25, -0.2) is 8.78 Å². The number of likely N-dealkylation sites (tertiary alicyclic amines) is 2. The summed E-state index contributed by atoms with van der Waals surface area (Å²) in [5, 5.41) is 1.27. The number of hydrogen-bond acceptors (Lipinski definition) is 2. The summed E-state index contributed by atoms with van der Waals surface area (Å²) in [7, 11) is 0. The molecule has 0 spiro atoms. The van der Waals surface area contributed by atoms with Crippen molar-refractivity contribution in [3.8, 4) is 0 Å². The van der Waals surface area contributed by atoms with Crippen molar-refractivity contribution >= 4 is 29.1 Å². The van der Waals surface area contributed by atoms with E-state index in [2.05, 4.69) is 4.90 Å². The Kier molecular flexibility index (Phi) is 5.86. The third-order valence-corrected chi connectivity index (χ3v) is 5.74. The minimum atomic E-state index is -2.61. The molecule has 0 atom stereocenters. The van der Waals surface area contributed by atoms with Crippen molar-refractivity contribution in [2.24, 2.45) is 5.92 Å². The summed E-state index contributed by atoms with van der Waals surface area (Å²) in [4.78, 5) is 16.4. The van der Waals surface area contributed by atoms with Gasteiger partial charge in [0, 0.05) is 48.4 Å². The smallest absolute Gasteiger partial charge is 0.251 e. The second kappa shape index (κ2) is 7.77. The zero-order valence-electron chi connectivity index (χ0n) is 14.0. The lowest BCUT2D eigenvalue weighted by molar-refractivity contribution is -0.143. The van der Waals surface area contributed by atoms with Crippen LogP contribution in [0.5, 0.6) is 0 Å². The zero-order valence-corrected chi connectivity index (χ0v) is 15.5. The van der Waals surface area contributed by atoms with Gasteiger partial charge in [-0.3, -0.25) is 9.69 Å². The van der Waals surface area contributed by atoms with Gasteiger partial charge in [-0.05, 0) is 43.6 Å². The monoisotopic (exact) mass is 390 g/mol. The van der Waals surface area contributed by atoms with Crippen LogP contribution in [0.1, 0.15) is 31.2 Å². The highest BCUT2D eigenvalue weighted by atomic mass is 35.5. The molecule has 2 heterocycles. The number of piperidine rings is 2. The molecule has 0 bridgehead atoms. The topological polar surface area (TPSA) is 23.6 Å². The number of hydrogen-bond donors (Lipinski definition) is 0. The highest BCUT2D eigenvalue weighted by Gasteiger charge is 2.37. The number of carbonyl (C=O) groups is 1. The van der Waals surface area contributed by atoms with Gasteiger partial charge >= 0.3 is 0 Å². The highest BCUT2D eigenvalue weighted by Crippen LogP contribution is 2.30. The minimum Gasteiger partial charge on any atom is -0.342 e. The number of alkyl halides is 2. The van der Waals surface area contributed by atoms with Crippen LogP contribution in [0.4, 0.5) is 8.78 Å². The van der Waals surface area contributed by atoms with Crippen LogP contribution in [0.25, 0.3) is 0 Å². The standard InChI is InChI=1S/C18H22Cl2F2N2O/c19-15-2-1-14(16(20)11-15)12-23-7-3-13(4-8-23)17(25)24-9-5-18(21,22)6-10-24/h1-2,11,13H,3-10,12H2. The van der Waals surface area contributed by atoms with Crippen molar-refractivity contribution < 1.29 is 13.6 Å². The molecule has 0 N–H and O–H groups in total. The van der Waals surface area contributed by atoms with Crippen LogP contribution in [-0.4, -0.2) is 47.8 Å². The van der Waals surface area contributed by atoms with Crippen molar-refractivity contribution in [3.63, 3.8) is 0 Å². The maximum Gasteiger partial charge on any atom is 0.251 e. The van der Waals surface area contributed by atoms with Crippen molar-refractivity contribution in [1.29, 1.82) is 0 Å². The molecule has 2 fully saturated rings. The molecule has 3 nitrogen and oxygen atoms in total. The molecule has 1 aromatic carbocycles. The van der Waals surface area contributed by atoms with Gasteiger partial charge < -0.3 is 4.90 Å². The van der Waals surface area contributed by atoms with E-state index < -0.39 is 5.92 Å². The maximum atomic E-state index is 13.2. The summed E-state index contributed by atoms with van der Waals surface area (Å²) < 4.78 is 26.5. The quantitative estimate of drug-likeness (QED) is 0.760. The van der Waals surface area contributed by atoms with E-state index in [-0.39, 0.29) is 37.8 Å². The lowest BCUT2D eigenvalue weighted by atomic mass is 9.93. The van der Waals surface area contributed by atoms with Crippen LogP contribution in [0.2, 0.25) is 10.0 Å². The number of benzene rings is 1. The van der Waals surface area contributed by atoms with E-state index in [0.29, 0.717) is 10.0 Å². The van der Waals surface area contributed by atoms with Crippen LogP contribution in [0, 0.1) is 5.92 Å². The summed E-state index contributed by atoms with van der Waals surface area (Å²) in [6, 6.07) is 5.49. The summed E-state index contributed by atoms with van der Waals surface area (Å²) in [6.45, 7) is 2.68. The van der Waals surface area contributed by atoms with Crippen LogP contribution in [0.3, 0.4) is 0 Å². The van der Waals surface area contributed by atoms with Crippen molar-refractivity contribution in [3.05, 3.63) is 33.8 Å². The van der Waals surface area contributed by atoms with E-state index in [4.69, 9.17) is 23.2 Å². The van der Waals surface area contributed by atoms with E-state index in [9.17, 15) is 13.6 Å². The fraction of sp³-hybridized carbons (Fsp3) is 0.611. The summed E-state index contributed by atoms with van der Waals surface area (Å²) in [5.74, 6) is -2.62. The Hall–Kier alpha value is -0.910. The number of nitrogens with zero attached hydrogens (tertiary/aromatic N) is 2. The van der Waals surface area contributed by atoms with E-state index >= 15 is 0 Å². The van der Waals surface area contributed by atoms with Gasteiger partial charge in [0.1, 0.15) is 0 Å². The molecule has 7 heteroatoms. The van der Waals surface area contributed by atoms with E-state index in [1.807, 2.05) is 12.1 Å². The molecule has 0 radical (unpaired) electrons. The average molecular weight is 391 g/mol. The molecule has 2 aliphatic rings. The Balaban J connectivity index is 1.49. The Bertz CT molecular complexity index is 624. The van der Waals surface area contributed by atoms with Gasteiger partial charge in [0.2, 0.25) is 5.91 Å². The summed E-state index contributed by atoms with van der Waals surface area (Å²) in [6.07, 6.45) is 1.09. The first-order valence-corrected chi connectivity index (χ1v) is 9.42. The van der Waals surface area contributed by atoms with Crippen molar-refractivity contribution in [2.75, 3.05) is 26.2 Å². The molecule has 0 aromatic heterocycles. The van der Waals surface area contributed by atoms with Crippen LogP contribution < -0.4 is 0 Å². The second-order valence-electron chi connectivity index (χ2n) is 6.97. The number of rotatable bonds is 3. The Morgan fingerprint density at radius 1 is 1.12 bits per heavy atom. The average Bonchev–Trinajstić information content (AvgIpc) is 2.57. The molecule has 0 saturated carbocycles. The lowest BCUT2D eigenvalue weighted by Crippen LogP contribution is -2.47. The molecule has 25 heavy (non-hydrogen) atoms. The third-order valence-electron chi connectivity index (χ3n) is 5.15. The highest BCUT2D eigenvalue weighted by molar-refractivity contribution is 6.35. The third kappa shape index (κ3) is 4.83. The molecule has 0 unspecified atom stereocenters.